The Labute approximate surface area is 167 Å². The zero-order valence-electron chi connectivity index (χ0n) is 16.1. The number of methoxy groups -OCH3 is 1. The first-order valence-electron chi connectivity index (χ1n) is 9.46. The largest absolute Gasteiger partial charge is 0.490 e. The molecule has 29 heavy (non-hydrogen) atoms. The summed E-state index contributed by atoms with van der Waals surface area (Å²) in [5.41, 5.74) is 1.42. The highest BCUT2D eigenvalue weighted by Crippen LogP contribution is 2.32. The number of benzene rings is 2. The number of carboxylic acid groups (broad SMARTS) is 1. The second-order valence-corrected chi connectivity index (χ2v) is 7.17. The highest BCUT2D eigenvalue weighted by molar-refractivity contribution is 5.85. The average molecular weight is 411 g/mol. The summed E-state index contributed by atoms with van der Waals surface area (Å²) in [6, 6.07) is 15.8. The number of hydrogen-bond donors (Lipinski definition) is 1. The molecule has 3 atom stereocenters. The van der Waals surface area contributed by atoms with Gasteiger partial charge in [-0.2, -0.15) is 13.2 Å². The Balaban J connectivity index is 0.000000298. The van der Waals surface area contributed by atoms with Crippen LogP contribution >= 0.6 is 0 Å². The number of piperidine rings is 1. The van der Waals surface area contributed by atoms with Crippen LogP contribution in [-0.4, -0.2) is 60.7 Å². The number of carbonyl (C=O) groups is 1. The molecule has 0 amide bonds. The number of halogens is 3. The van der Waals surface area contributed by atoms with Gasteiger partial charge >= 0.3 is 12.1 Å². The van der Waals surface area contributed by atoms with Crippen molar-refractivity contribution in [2.24, 2.45) is 0 Å². The van der Waals surface area contributed by atoms with Crippen LogP contribution in [0.1, 0.15) is 18.4 Å². The van der Waals surface area contributed by atoms with E-state index in [0.29, 0.717) is 6.04 Å². The summed E-state index contributed by atoms with van der Waals surface area (Å²) in [4.78, 5) is 11.5. The van der Waals surface area contributed by atoms with Gasteiger partial charge in [-0.3, -0.25) is 4.90 Å². The lowest BCUT2D eigenvalue weighted by molar-refractivity contribution is -0.192. The fourth-order valence-electron chi connectivity index (χ4n) is 4.07. The van der Waals surface area contributed by atoms with Crippen molar-refractivity contribution < 1.29 is 32.5 Å². The maximum atomic E-state index is 10.6. The lowest BCUT2D eigenvalue weighted by Gasteiger charge is -2.40. The van der Waals surface area contributed by atoms with Gasteiger partial charge in [0.15, 0.2) is 0 Å². The molecule has 2 aromatic rings. The minimum atomic E-state index is -5.08. The fraction of sp³-hybridized carbons (Fsp3) is 0.476. The summed E-state index contributed by atoms with van der Waals surface area (Å²) in [6.07, 6.45) is -2.40. The molecule has 0 spiro atoms. The average Bonchev–Trinajstić information content (AvgIpc) is 3.19. The predicted octanol–water partition coefficient (Wildman–Crippen LogP) is 3.85. The van der Waals surface area contributed by atoms with E-state index in [1.807, 2.05) is 7.11 Å². The van der Waals surface area contributed by atoms with Crippen molar-refractivity contribution in [1.29, 1.82) is 0 Å². The number of aliphatic carboxylic acids is 1. The lowest BCUT2D eigenvalue weighted by atomic mass is 9.94. The molecule has 2 aromatic carbocycles. The number of fused-ring (bicyclic) bond motifs is 2. The SMILES string of the molecule is CO[C@@H]1CCN(Cc2cccc3ccccc23)[C@H]2CCO[C@H]12.O=C(O)C(F)(F)F. The first kappa shape index (κ1) is 21.5. The van der Waals surface area contributed by atoms with Gasteiger partial charge in [-0.1, -0.05) is 42.5 Å². The van der Waals surface area contributed by atoms with Crippen LogP contribution in [0.25, 0.3) is 10.8 Å². The molecule has 2 aliphatic rings. The van der Waals surface area contributed by atoms with Crippen molar-refractivity contribution >= 4 is 16.7 Å². The number of rotatable bonds is 3. The van der Waals surface area contributed by atoms with Crippen molar-refractivity contribution in [1.82, 2.24) is 4.90 Å². The summed E-state index contributed by atoms with van der Waals surface area (Å²) in [5.74, 6) is -2.76. The van der Waals surface area contributed by atoms with E-state index in [-0.39, 0.29) is 12.2 Å². The molecule has 8 heteroatoms. The van der Waals surface area contributed by atoms with Crippen LogP contribution in [0.5, 0.6) is 0 Å². The highest BCUT2D eigenvalue weighted by atomic mass is 19.4. The Morgan fingerprint density at radius 1 is 1.21 bits per heavy atom. The lowest BCUT2D eigenvalue weighted by Crippen LogP contribution is -2.52. The standard InChI is InChI=1S/C19H23NO2.C2HF3O2/c1-21-18-9-11-20(17-10-12-22-19(17)18)13-15-7-4-6-14-5-2-3-8-16(14)15;3-2(4,5)1(6)7/h2-8,17-19H,9-13H2,1H3;(H,6,7)/t17-,18+,19-;/m0./s1. The van der Waals surface area contributed by atoms with Crippen LogP contribution in [-0.2, 0) is 20.8 Å². The van der Waals surface area contributed by atoms with Crippen LogP contribution in [0.15, 0.2) is 42.5 Å². The molecule has 0 radical (unpaired) electrons. The molecular formula is C21H24F3NO4. The number of ether oxygens (including phenoxy) is 2. The second kappa shape index (κ2) is 9.11. The molecule has 2 fully saturated rings. The Bertz CT molecular complexity index is 837. The maximum absolute atomic E-state index is 10.6. The van der Waals surface area contributed by atoms with Gasteiger partial charge in [0.2, 0.25) is 0 Å². The van der Waals surface area contributed by atoms with Gasteiger partial charge in [0.05, 0.1) is 12.2 Å². The zero-order valence-corrected chi connectivity index (χ0v) is 16.1. The topological polar surface area (TPSA) is 59.0 Å². The normalized spacial score (nSPS) is 24.6. The summed E-state index contributed by atoms with van der Waals surface area (Å²) < 4.78 is 43.3. The third-order valence-electron chi connectivity index (χ3n) is 5.44. The van der Waals surface area contributed by atoms with E-state index in [9.17, 15) is 13.2 Å². The molecule has 2 aliphatic heterocycles. The first-order chi connectivity index (χ1) is 13.8. The van der Waals surface area contributed by atoms with Gasteiger partial charge in [-0.25, -0.2) is 4.79 Å². The zero-order chi connectivity index (χ0) is 21.0. The molecule has 5 nitrogen and oxygen atoms in total. The molecule has 158 valence electrons. The van der Waals surface area contributed by atoms with E-state index in [2.05, 4.69) is 47.4 Å². The molecule has 0 unspecified atom stereocenters. The van der Waals surface area contributed by atoms with Gasteiger partial charge in [0.25, 0.3) is 0 Å². The monoisotopic (exact) mass is 411 g/mol. The summed E-state index contributed by atoms with van der Waals surface area (Å²) in [6.45, 7) is 2.95. The number of carboxylic acids is 1. The van der Waals surface area contributed by atoms with Gasteiger partial charge in [-0.15, -0.1) is 0 Å². The minimum Gasteiger partial charge on any atom is -0.475 e. The number of likely N-dealkylation sites (tertiary alicyclic amines) is 1. The third kappa shape index (κ3) is 5.07. The summed E-state index contributed by atoms with van der Waals surface area (Å²) in [7, 11) is 1.81. The molecular weight excluding hydrogens is 387 g/mol. The highest BCUT2D eigenvalue weighted by Gasteiger charge is 2.42. The van der Waals surface area contributed by atoms with E-state index in [1.165, 1.54) is 16.3 Å². The van der Waals surface area contributed by atoms with E-state index < -0.39 is 12.1 Å². The summed E-state index contributed by atoms with van der Waals surface area (Å²) in [5, 5.41) is 9.82. The first-order valence-corrected chi connectivity index (χ1v) is 9.46. The maximum Gasteiger partial charge on any atom is 0.490 e. The van der Waals surface area contributed by atoms with Gasteiger partial charge in [0.1, 0.15) is 0 Å². The van der Waals surface area contributed by atoms with Gasteiger partial charge < -0.3 is 14.6 Å². The molecule has 4 rings (SSSR count). The molecule has 2 saturated heterocycles. The van der Waals surface area contributed by atoms with Crippen molar-refractivity contribution in [3.63, 3.8) is 0 Å². The summed E-state index contributed by atoms with van der Waals surface area (Å²) >= 11 is 0. The van der Waals surface area contributed by atoms with Crippen LogP contribution < -0.4 is 0 Å². The van der Waals surface area contributed by atoms with E-state index in [1.54, 1.807) is 0 Å². The molecule has 0 aliphatic carbocycles. The Hall–Kier alpha value is -2.16. The Kier molecular flexibility index (Phi) is 6.77. The number of nitrogens with zero attached hydrogens (tertiary/aromatic N) is 1. The van der Waals surface area contributed by atoms with Crippen molar-refractivity contribution in [2.75, 3.05) is 20.3 Å². The molecule has 2 heterocycles. The number of alkyl halides is 3. The van der Waals surface area contributed by atoms with Crippen LogP contribution in [0, 0.1) is 0 Å². The third-order valence-corrected chi connectivity index (χ3v) is 5.44. The fourth-order valence-corrected chi connectivity index (χ4v) is 4.07. The van der Waals surface area contributed by atoms with Crippen molar-refractivity contribution in [3.8, 4) is 0 Å². The smallest absolute Gasteiger partial charge is 0.475 e. The van der Waals surface area contributed by atoms with E-state index in [0.717, 1.165) is 32.5 Å². The second-order valence-electron chi connectivity index (χ2n) is 7.17. The van der Waals surface area contributed by atoms with Gasteiger partial charge in [-0.05, 0) is 29.2 Å². The number of hydrogen-bond acceptors (Lipinski definition) is 4. The quantitative estimate of drug-likeness (QED) is 0.832. The van der Waals surface area contributed by atoms with Crippen LogP contribution in [0.3, 0.4) is 0 Å². The molecule has 0 aromatic heterocycles. The van der Waals surface area contributed by atoms with Crippen LogP contribution in [0.4, 0.5) is 13.2 Å². The van der Waals surface area contributed by atoms with E-state index in [4.69, 9.17) is 19.4 Å². The molecule has 0 saturated carbocycles. The molecule has 1 N–H and O–H groups in total. The van der Waals surface area contributed by atoms with E-state index >= 15 is 0 Å². The molecule has 0 bridgehead atoms. The Morgan fingerprint density at radius 3 is 2.59 bits per heavy atom. The van der Waals surface area contributed by atoms with Crippen molar-refractivity contribution in [3.05, 3.63) is 48.0 Å². The predicted molar refractivity (Wildman–Crippen MR) is 102 cm³/mol. The minimum absolute atomic E-state index is 0.244. The van der Waals surface area contributed by atoms with Crippen LogP contribution in [0.2, 0.25) is 0 Å². The van der Waals surface area contributed by atoms with Gasteiger partial charge in [0, 0.05) is 32.8 Å². The van der Waals surface area contributed by atoms with Crippen molar-refractivity contribution in [2.45, 2.75) is 43.8 Å². The Morgan fingerprint density at radius 2 is 1.90 bits per heavy atom.